The number of aliphatic hydroxyl groups excluding tert-OH is 1. The summed E-state index contributed by atoms with van der Waals surface area (Å²) in [6, 6.07) is 6.22. The maximum atomic E-state index is 9.25. The smallest absolute Gasteiger partial charge is 0.107 e. The van der Waals surface area contributed by atoms with Crippen molar-refractivity contribution >= 4 is 0 Å². The van der Waals surface area contributed by atoms with Gasteiger partial charge in [-0.2, -0.15) is 0 Å². The zero-order chi connectivity index (χ0) is 13.4. The molecule has 0 fully saturated rings. The van der Waals surface area contributed by atoms with Crippen LogP contribution in [0.15, 0.2) is 30.4 Å². The van der Waals surface area contributed by atoms with Crippen LogP contribution in [0.2, 0.25) is 0 Å². The van der Waals surface area contributed by atoms with E-state index in [-0.39, 0.29) is 6.61 Å². The van der Waals surface area contributed by atoms with Crippen LogP contribution in [0.1, 0.15) is 23.6 Å². The highest BCUT2D eigenvalue weighted by Crippen LogP contribution is 2.30. The zero-order valence-corrected chi connectivity index (χ0v) is 11.2. The summed E-state index contributed by atoms with van der Waals surface area (Å²) in [6.45, 7) is 6.35. The average molecular weight is 247 g/mol. The molecule has 3 nitrogen and oxygen atoms in total. The second-order valence-electron chi connectivity index (χ2n) is 5.43. The van der Waals surface area contributed by atoms with Crippen molar-refractivity contribution in [2.75, 3.05) is 13.2 Å². The van der Waals surface area contributed by atoms with Crippen molar-refractivity contribution in [3.63, 3.8) is 0 Å². The molecule has 1 heterocycles. The first kappa shape index (κ1) is 13.3. The number of hydrogen-bond donors (Lipinski definition) is 2. The fourth-order valence-corrected chi connectivity index (χ4v) is 2.01. The Labute approximate surface area is 108 Å². The summed E-state index contributed by atoms with van der Waals surface area (Å²) in [6.07, 6.45) is 3.79. The molecule has 1 aromatic rings. The predicted molar refractivity (Wildman–Crippen MR) is 72.4 cm³/mol. The molecule has 0 saturated carbocycles. The first-order valence-corrected chi connectivity index (χ1v) is 6.20. The van der Waals surface area contributed by atoms with Gasteiger partial charge >= 0.3 is 0 Å². The van der Waals surface area contributed by atoms with Crippen molar-refractivity contribution in [1.29, 1.82) is 0 Å². The van der Waals surface area contributed by atoms with Gasteiger partial charge < -0.3 is 15.6 Å². The van der Waals surface area contributed by atoms with E-state index in [1.54, 1.807) is 0 Å². The standard InChI is InChI=1S/C15H21NO2/c1-11-4-5-13(8-12(11)2)15(16)7-6-14(3,9-17)18-10-15/h4-8,17H,9-10,16H2,1-3H3. The van der Waals surface area contributed by atoms with E-state index >= 15 is 0 Å². The quantitative estimate of drug-likeness (QED) is 0.783. The molecule has 2 unspecified atom stereocenters. The molecule has 1 aliphatic heterocycles. The third kappa shape index (κ3) is 2.34. The van der Waals surface area contributed by atoms with E-state index in [9.17, 15) is 5.11 Å². The molecule has 18 heavy (non-hydrogen) atoms. The minimum atomic E-state index is -0.609. The van der Waals surface area contributed by atoms with Gasteiger partial charge in [0.05, 0.1) is 18.8 Å². The lowest BCUT2D eigenvalue weighted by atomic mass is 9.85. The lowest BCUT2D eigenvalue weighted by Crippen LogP contribution is -2.48. The largest absolute Gasteiger partial charge is 0.393 e. The Balaban J connectivity index is 2.33. The third-order valence-electron chi connectivity index (χ3n) is 3.73. The monoisotopic (exact) mass is 247 g/mol. The summed E-state index contributed by atoms with van der Waals surface area (Å²) in [5.74, 6) is 0. The summed E-state index contributed by atoms with van der Waals surface area (Å²) in [4.78, 5) is 0. The minimum Gasteiger partial charge on any atom is -0.393 e. The van der Waals surface area contributed by atoms with Crippen molar-refractivity contribution in [2.24, 2.45) is 5.73 Å². The molecule has 3 heteroatoms. The van der Waals surface area contributed by atoms with Gasteiger partial charge in [0.25, 0.3) is 0 Å². The van der Waals surface area contributed by atoms with E-state index in [1.165, 1.54) is 11.1 Å². The average Bonchev–Trinajstić information content (AvgIpc) is 2.37. The Morgan fingerprint density at radius 1 is 1.28 bits per heavy atom. The van der Waals surface area contributed by atoms with E-state index < -0.39 is 11.1 Å². The number of aryl methyl sites for hydroxylation is 2. The summed E-state index contributed by atoms with van der Waals surface area (Å²) >= 11 is 0. The summed E-state index contributed by atoms with van der Waals surface area (Å²) in [7, 11) is 0. The first-order chi connectivity index (χ1) is 8.38. The maximum absolute atomic E-state index is 9.25. The summed E-state index contributed by atoms with van der Waals surface area (Å²) in [5, 5.41) is 9.25. The van der Waals surface area contributed by atoms with Crippen LogP contribution in [0, 0.1) is 13.8 Å². The summed E-state index contributed by atoms with van der Waals surface area (Å²) < 4.78 is 5.69. The molecular formula is C15H21NO2. The van der Waals surface area contributed by atoms with Crippen LogP contribution in [-0.2, 0) is 10.3 Å². The zero-order valence-electron chi connectivity index (χ0n) is 11.2. The molecule has 2 atom stereocenters. The van der Waals surface area contributed by atoms with Crippen LogP contribution in [0.25, 0.3) is 0 Å². The van der Waals surface area contributed by atoms with Crippen molar-refractivity contribution in [1.82, 2.24) is 0 Å². The van der Waals surface area contributed by atoms with Gasteiger partial charge in [0, 0.05) is 0 Å². The highest BCUT2D eigenvalue weighted by Gasteiger charge is 2.34. The van der Waals surface area contributed by atoms with E-state index in [1.807, 2.05) is 25.1 Å². The van der Waals surface area contributed by atoms with Crippen LogP contribution in [0.5, 0.6) is 0 Å². The number of nitrogens with two attached hydrogens (primary N) is 1. The van der Waals surface area contributed by atoms with Crippen molar-refractivity contribution in [3.8, 4) is 0 Å². The third-order valence-corrected chi connectivity index (χ3v) is 3.73. The fourth-order valence-electron chi connectivity index (χ4n) is 2.01. The molecule has 0 amide bonds. The fraction of sp³-hybridized carbons (Fsp3) is 0.467. The molecule has 0 aromatic heterocycles. The SMILES string of the molecule is Cc1ccc(C2(N)C=CC(C)(CO)OC2)cc1C. The van der Waals surface area contributed by atoms with Crippen LogP contribution < -0.4 is 5.73 Å². The predicted octanol–water partition coefficient (Wildman–Crippen LogP) is 1.79. The number of ether oxygens (including phenoxy) is 1. The van der Waals surface area contributed by atoms with Crippen molar-refractivity contribution < 1.29 is 9.84 Å². The van der Waals surface area contributed by atoms with Gasteiger partial charge in [-0.1, -0.05) is 30.4 Å². The van der Waals surface area contributed by atoms with Gasteiger partial charge in [-0.25, -0.2) is 0 Å². The Morgan fingerprint density at radius 3 is 2.50 bits per heavy atom. The normalized spacial score (nSPS) is 31.6. The Hall–Kier alpha value is -1.16. The van der Waals surface area contributed by atoms with Crippen LogP contribution in [-0.4, -0.2) is 23.9 Å². The van der Waals surface area contributed by atoms with Crippen molar-refractivity contribution in [2.45, 2.75) is 31.9 Å². The van der Waals surface area contributed by atoms with Gasteiger partial charge in [0.15, 0.2) is 0 Å². The molecule has 0 radical (unpaired) electrons. The van der Waals surface area contributed by atoms with Crippen LogP contribution in [0.3, 0.4) is 0 Å². The second-order valence-corrected chi connectivity index (χ2v) is 5.43. The van der Waals surface area contributed by atoms with E-state index in [0.717, 1.165) is 5.56 Å². The van der Waals surface area contributed by atoms with Crippen molar-refractivity contribution in [3.05, 3.63) is 47.0 Å². The number of hydrogen-bond acceptors (Lipinski definition) is 3. The molecule has 98 valence electrons. The molecule has 3 N–H and O–H groups in total. The second kappa shape index (κ2) is 4.50. The molecule has 0 aliphatic carbocycles. The van der Waals surface area contributed by atoms with Gasteiger partial charge in [-0.15, -0.1) is 0 Å². The number of rotatable bonds is 2. The number of aliphatic hydroxyl groups is 1. The molecule has 0 bridgehead atoms. The first-order valence-electron chi connectivity index (χ1n) is 6.20. The summed E-state index contributed by atoms with van der Waals surface area (Å²) in [5.41, 5.74) is 8.69. The Bertz CT molecular complexity index is 483. The van der Waals surface area contributed by atoms with Crippen LogP contribution in [0.4, 0.5) is 0 Å². The molecule has 2 rings (SSSR count). The van der Waals surface area contributed by atoms with Gasteiger partial charge in [0.2, 0.25) is 0 Å². The lowest BCUT2D eigenvalue weighted by molar-refractivity contribution is -0.0572. The highest BCUT2D eigenvalue weighted by atomic mass is 16.5. The van der Waals surface area contributed by atoms with Gasteiger partial charge in [0.1, 0.15) is 5.60 Å². The van der Waals surface area contributed by atoms with E-state index in [0.29, 0.717) is 6.61 Å². The highest BCUT2D eigenvalue weighted by molar-refractivity contribution is 5.38. The Kier molecular flexibility index (Phi) is 3.32. The maximum Gasteiger partial charge on any atom is 0.107 e. The molecule has 0 saturated heterocycles. The van der Waals surface area contributed by atoms with Gasteiger partial charge in [-0.05, 0) is 37.5 Å². The molecule has 1 aromatic carbocycles. The molecular weight excluding hydrogens is 226 g/mol. The topological polar surface area (TPSA) is 55.5 Å². The van der Waals surface area contributed by atoms with Gasteiger partial charge in [-0.3, -0.25) is 0 Å². The van der Waals surface area contributed by atoms with Crippen LogP contribution >= 0.6 is 0 Å². The molecule has 1 aliphatic rings. The Morgan fingerprint density at radius 2 is 2.00 bits per heavy atom. The lowest BCUT2D eigenvalue weighted by Gasteiger charge is -2.37. The van der Waals surface area contributed by atoms with E-state index in [2.05, 4.69) is 26.0 Å². The number of benzene rings is 1. The van der Waals surface area contributed by atoms with E-state index in [4.69, 9.17) is 10.5 Å². The molecule has 0 spiro atoms. The minimum absolute atomic E-state index is 0.0352.